The number of para-hydroxylation sites is 1. The first-order valence-electron chi connectivity index (χ1n) is 7.52. The lowest BCUT2D eigenvalue weighted by Gasteiger charge is -2.30. The Morgan fingerprint density at radius 2 is 1.71 bits per heavy atom. The van der Waals surface area contributed by atoms with Crippen LogP contribution in [0, 0.1) is 11.8 Å². The van der Waals surface area contributed by atoms with E-state index in [9.17, 15) is 0 Å². The molecule has 2 nitrogen and oxygen atoms in total. The van der Waals surface area contributed by atoms with E-state index in [1.165, 1.54) is 6.42 Å². The lowest BCUT2D eigenvalue weighted by Crippen LogP contribution is -2.37. The Bertz CT molecular complexity index is 372. The molecule has 0 fully saturated rings. The number of hydrogen-bond acceptors (Lipinski definition) is 2. The minimum atomic E-state index is 0.0167. The fourth-order valence-electron chi connectivity index (χ4n) is 2.36. The van der Waals surface area contributed by atoms with E-state index in [1.54, 1.807) is 7.11 Å². The standard InChI is InChI=1S/C17H26Br2O2/c1-4-13(2)14(11-18)10-16(20-3)17(12-19)21-15-8-6-5-7-9-15/h5-9,13-14,16-17H,4,10-12H2,1-3H3. The van der Waals surface area contributed by atoms with Gasteiger partial charge in [-0.3, -0.25) is 0 Å². The quantitative estimate of drug-likeness (QED) is 0.477. The highest BCUT2D eigenvalue weighted by Gasteiger charge is 2.27. The first-order chi connectivity index (χ1) is 10.2. The molecule has 0 aliphatic carbocycles. The molecule has 0 N–H and O–H groups in total. The molecule has 0 saturated heterocycles. The molecule has 4 atom stereocenters. The molecule has 1 rings (SSSR count). The lowest BCUT2D eigenvalue weighted by atomic mass is 9.87. The van der Waals surface area contributed by atoms with Crippen molar-refractivity contribution in [1.29, 1.82) is 0 Å². The van der Waals surface area contributed by atoms with Crippen molar-refractivity contribution >= 4 is 31.9 Å². The Morgan fingerprint density at radius 3 is 2.19 bits per heavy atom. The predicted octanol–water partition coefficient (Wildman–Crippen LogP) is 5.29. The monoisotopic (exact) mass is 420 g/mol. The molecule has 0 amide bonds. The zero-order valence-electron chi connectivity index (χ0n) is 13.1. The second-order valence-corrected chi connectivity index (χ2v) is 6.73. The van der Waals surface area contributed by atoms with Crippen LogP contribution in [0.1, 0.15) is 26.7 Å². The van der Waals surface area contributed by atoms with Crippen molar-refractivity contribution in [2.24, 2.45) is 11.8 Å². The first kappa shape index (κ1) is 19.0. The molecule has 21 heavy (non-hydrogen) atoms. The smallest absolute Gasteiger partial charge is 0.134 e. The lowest BCUT2D eigenvalue weighted by molar-refractivity contribution is -0.00379. The average Bonchev–Trinajstić information content (AvgIpc) is 2.54. The van der Waals surface area contributed by atoms with Gasteiger partial charge in [0.15, 0.2) is 0 Å². The van der Waals surface area contributed by atoms with Gasteiger partial charge in [0.1, 0.15) is 11.9 Å². The molecule has 4 heteroatoms. The van der Waals surface area contributed by atoms with Crippen LogP contribution in [0.15, 0.2) is 30.3 Å². The van der Waals surface area contributed by atoms with Gasteiger partial charge < -0.3 is 9.47 Å². The molecular formula is C17H26Br2O2. The van der Waals surface area contributed by atoms with Crippen LogP contribution in [0.3, 0.4) is 0 Å². The van der Waals surface area contributed by atoms with E-state index >= 15 is 0 Å². The summed E-state index contributed by atoms with van der Waals surface area (Å²) < 4.78 is 11.8. The van der Waals surface area contributed by atoms with E-state index in [0.29, 0.717) is 11.8 Å². The number of alkyl halides is 2. The maximum atomic E-state index is 6.09. The molecule has 0 bridgehead atoms. The highest BCUT2D eigenvalue weighted by atomic mass is 79.9. The van der Waals surface area contributed by atoms with Gasteiger partial charge in [-0.15, -0.1) is 0 Å². The molecule has 4 unspecified atom stereocenters. The van der Waals surface area contributed by atoms with E-state index < -0.39 is 0 Å². The van der Waals surface area contributed by atoms with Gasteiger partial charge in [-0.25, -0.2) is 0 Å². The van der Waals surface area contributed by atoms with Crippen LogP contribution in [-0.2, 0) is 4.74 Å². The van der Waals surface area contributed by atoms with Crippen LogP contribution in [0.2, 0.25) is 0 Å². The van der Waals surface area contributed by atoms with Crippen molar-refractivity contribution in [2.75, 3.05) is 17.8 Å². The van der Waals surface area contributed by atoms with E-state index in [2.05, 4.69) is 45.7 Å². The van der Waals surface area contributed by atoms with Gasteiger partial charge in [-0.2, -0.15) is 0 Å². The molecule has 120 valence electrons. The molecular weight excluding hydrogens is 396 g/mol. The van der Waals surface area contributed by atoms with Crippen LogP contribution < -0.4 is 4.74 Å². The van der Waals surface area contributed by atoms with Crippen LogP contribution in [0.25, 0.3) is 0 Å². The Hall–Kier alpha value is -0.0600. The van der Waals surface area contributed by atoms with Gasteiger partial charge in [0.25, 0.3) is 0 Å². The molecule has 0 saturated carbocycles. The molecule has 1 aromatic rings. The van der Waals surface area contributed by atoms with Crippen LogP contribution in [0.5, 0.6) is 5.75 Å². The number of hydrogen-bond donors (Lipinski definition) is 0. The third kappa shape index (κ3) is 6.29. The maximum Gasteiger partial charge on any atom is 0.134 e. The normalized spacial score (nSPS) is 17.0. The number of ether oxygens (including phenoxy) is 2. The van der Waals surface area contributed by atoms with Crippen molar-refractivity contribution in [1.82, 2.24) is 0 Å². The van der Waals surface area contributed by atoms with Crippen molar-refractivity contribution in [3.8, 4) is 5.75 Å². The molecule has 0 aliphatic rings. The van der Waals surface area contributed by atoms with Crippen molar-refractivity contribution in [2.45, 2.75) is 38.9 Å². The molecule has 0 heterocycles. The number of methoxy groups -OCH3 is 1. The second kappa shape index (κ2) is 10.6. The summed E-state index contributed by atoms with van der Waals surface area (Å²) >= 11 is 7.21. The van der Waals surface area contributed by atoms with E-state index in [4.69, 9.17) is 9.47 Å². The zero-order chi connectivity index (χ0) is 15.7. The summed E-state index contributed by atoms with van der Waals surface area (Å²) in [5, 5.41) is 1.76. The Kier molecular flexibility index (Phi) is 9.61. The minimum Gasteiger partial charge on any atom is -0.487 e. The Labute approximate surface area is 145 Å². The summed E-state index contributed by atoms with van der Waals surface area (Å²) in [7, 11) is 1.77. The van der Waals surface area contributed by atoms with Crippen molar-refractivity contribution < 1.29 is 9.47 Å². The van der Waals surface area contributed by atoms with Crippen LogP contribution in [-0.4, -0.2) is 30.0 Å². The highest BCUT2D eigenvalue weighted by molar-refractivity contribution is 9.09. The van der Waals surface area contributed by atoms with Gasteiger partial charge in [-0.05, 0) is 30.4 Å². The fourth-order valence-corrected chi connectivity index (χ4v) is 3.81. The Morgan fingerprint density at radius 1 is 1.05 bits per heavy atom. The second-order valence-electron chi connectivity index (χ2n) is 5.43. The summed E-state index contributed by atoms with van der Waals surface area (Å²) in [6.07, 6.45) is 2.29. The van der Waals surface area contributed by atoms with Gasteiger partial charge >= 0.3 is 0 Å². The maximum absolute atomic E-state index is 6.09. The molecule has 1 aromatic carbocycles. The van der Waals surface area contributed by atoms with E-state index in [0.717, 1.165) is 22.8 Å². The Balaban J connectivity index is 2.70. The van der Waals surface area contributed by atoms with E-state index in [1.807, 2.05) is 30.3 Å². The molecule has 0 spiro atoms. The number of benzene rings is 1. The van der Waals surface area contributed by atoms with Crippen LogP contribution in [0.4, 0.5) is 0 Å². The minimum absolute atomic E-state index is 0.0167. The van der Waals surface area contributed by atoms with Gasteiger partial charge in [0.05, 0.1) is 6.10 Å². The van der Waals surface area contributed by atoms with Crippen molar-refractivity contribution in [3.05, 3.63) is 30.3 Å². The summed E-state index contributed by atoms with van der Waals surface area (Å²) in [6, 6.07) is 9.94. The molecule has 0 radical (unpaired) electrons. The third-order valence-corrected chi connectivity index (χ3v) is 5.55. The van der Waals surface area contributed by atoms with Gasteiger partial charge in [-0.1, -0.05) is 70.3 Å². The zero-order valence-corrected chi connectivity index (χ0v) is 16.3. The van der Waals surface area contributed by atoms with Crippen LogP contribution >= 0.6 is 31.9 Å². The molecule has 0 aliphatic heterocycles. The summed E-state index contributed by atoms with van der Waals surface area (Å²) in [5.41, 5.74) is 0. The van der Waals surface area contributed by atoms with E-state index in [-0.39, 0.29) is 12.2 Å². The SMILES string of the molecule is CCC(C)C(CBr)CC(OC)C(CBr)Oc1ccccc1. The van der Waals surface area contributed by atoms with Gasteiger partial charge in [0.2, 0.25) is 0 Å². The highest BCUT2D eigenvalue weighted by Crippen LogP contribution is 2.26. The summed E-state index contributed by atoms with van der Waals surface area (Å²) in [4.78, 5) is 0. The van der Waals surface area contributed by atoms with Crippen molar-refractivity contribution in [3.63, 3.8) is 0 Å². The number of halogens is 2. The van der Waals surface area contributed by atoms with Gasteiger partial charge in [0, 0.05) is 17.8 Å². The summed E-state index contributed by atoms with van der Waals surface area (Å²) in [5.74, 6) is 2.17. The third-order valence-electron chi connectivity index (χ3n) is 4.08. The molecule has 0 aromatic heterocycles. The first-order valence-corrected chi connectivity index (χ1v) is 9.76. The summed E-state index contributed by atoms with van der Waals surface area (Å²) in [6.45, 7) is 4.55. The number of rotatable bonds is 10. The fraction of sp³-hybridized carbons (Fsp3) is 0.647. The average molecular weight is 422 g/mol. The topological polar surface area (TPSA) is 18.5 Å². The predicted molar refractivity (Wildman–Crippen MR) is 96.8 cm³/mol. The largest absolute Gasteiger partial charge is 0.487 e.